The van der Waals surface area contributed by atoms with Crippen molar-refractivity contribution in [1.82, 2.24) is 0 Å². The highest BCUT2D eigenvalue weighted by Crippen LogP contribution is 2.38. The zero-order valence-electron chi connectivity index (χ0n) is 19.8. The number of carbonyl (C=O) groups is 2. The van der Waals surface area contributed by atoms with Crippen molar-refractivity contribution >= 4 is 29.1 Å². The second-order valence-electron chi connectivity index (χ2n) is 9.71. The average molecular weight is 463 g/mol. The van der Waals surface area contributed by atoms with Gasteiger partial charge in [0.05, 0.1) is 17.5 Å². The molecule has 180 valence electrons. The fraction of sp³-hybridized carbons (Fsp3) is 0.500. The summed E-state index contributed by atoms with van der Waals surface area (Å²) in [6.45, 7) is 0.0554. The molecule has 34 heavy (non-hydrogen) atoms. The summed E-state index contributed by atoms with van der Waals surface area (Å²) in [6, 6.07) is 13.9. The molecule has 0 unspecified atom stereocenters. The minimum Gasteiger partial charge on any atom is -0.446 e. The fourth-order valence-electron chi connectivity index (χ4n) is 5.46. The standard InChI is InChI=1S/C28H34N2O4/c31-27(19-33-23-9-5-6-10-23)30-25-13-7-4-8-20(25)14-15-21-16-17-22(18-26(21)30)29-28(32)34-24-11-2-1-3-12-24/h4,7-8,13,16-18,23-24H,1-3,5-6,9-12,14-15,19H2,(H,29,32). The van der Waals surface area contributed by atoms with Crippen LogP contribution in [-0.2, 0) is 27.1 Å². The van der Waals surface area contributed by atoms with E-state index in [1.165, 1.54) is 19.3 Å². The lowest BCUT2D eigenvalue weighted by Crippen LogP contribution is -2.32. The first-order valence-electron chi connectivity index (χ1n) is 12.8. The molecule has 1 N–H and O–H groups in total. The molecule has 6 nitrogen and oxygen atoms in total. The predicted molar refractivity (Wildman–Crippen MR) is 133 cm³/mol. The van der Waals surface area contributed by atoms with Gasteiger partial charge in [-0.25, -0.2) is 4.79 Å². The number of hydrogen-bond acceptors (Lipinski definition) is 4. The largest absolute Gasteiger partial charge is 0.446 e. The van der Waals surface area contributed by atoms with E-state index in [1.807, 2.05) is 36.4 Å². The SMILES string of the molecule is O=C(Nc1ccc2c(c1)N(C(=O)COC1CCCC1)c1ccccc1CC2)OC1CCCCC1. The maximum Gasteiger partial charge on any atom is 0.411 e. The molecule has 2 aromatic rings. The zero-order chi connectivity index (χ0) is 23.3. The maximum absolute atomic E-state index is 13.5. The average Bonchev–Trinajstić information content (AvgIpc) is 3.32. The smallest absolute Gasteiger partial charge is 0.411 e. The third kappa shape index (κ3) is 5.27. The van der Waals surface area contributed by atoms with Gasteiger partial charge >= 0.3 is 6.09 Å². The highest BCUT2D eigenvalue weighted by Gasteiger charge is 2.28. The molecule has 0 aromatic heterocycles. The van der Waals surface area contributed by atoms with Crippen molar-refractivity contribution < 1.29 is 19.1 Å². The second-order valence-corrected chi connectivity index (χ2v) is 9.71. The van der Waals surface area contributed by atoms with Gasteiger partial charge in [-0.15, -0.1) is 0 Å². The van der Waals surface area contributed by atoms with E-state index in [9.17, 15) is 9.59 Å². The van der Waals surface area contributed by atoms with E-state index in [0.29, 0.717) is 5.69 Å². The van der Waals surface area contributed by atoms with E-state index < -0.39 is 6.09 Å². The van der Waals surface area contributed by atoms with Gasteiger partial charge in [0.1, 0.15) is 12.7 Å². The monoisotopic (exact) mass is 462 g/mol. The van der Waals surface area contributed by atoms with E-state index in [4.69, 9.17) is 9.47 Å². The Morgan fingerprint density at radius 2 is 1.50 bits per heavy atom. The summed E-state index contributed by atoms with van der Waals surface area (Å²) in [5, 5.41) is 2.89. The zero-order valence-corrected chi connectivity index (χ0v) is 19.8. The molecular weight excluding hydrogens is 428 g/mol. The van der Waals surface area contributed by atoms with E-state index in [1.54, 1.807) is 4.90 Å². The number of hydrogen-bond donors (Lipinski definition) is 1. The number of amides is 2. The number of benzene rings is 2. The summed E-state index contributed by atoms with van der Waals surface area (Å²) in [5.74, 6) is -0.0792. The van der Waals surface area contributed by atoms with Crippen LogP contribution in [0.1, 0.15) is 68.9 Å². The van der Waals surface area contributed by atoms with Gasteiger partial charge in [-0.1, -0.05) is 43.5 Å². The van der Waals surface area contributed by atoms with Crippen LogP contribution in [0.25, 0.3) is 0 Å². The second kappa shape index (κ2) is 10.6. The molecule has 2 fully saturated rings. The molecule has 5 rings (SSSR count). The topological polar surface area (TPSA) is 67.9 Å². The fourth-order valence-corrected chi connectivity index (χ4v) is 5.46. The van der Waals surface area contributed by atoms with Gasteiger partial charge in [0.15, 0.2) is 0 Å². The quantitative estimate of drug-likeness (QED) is 0.567. The molecule has 2 amide bonds. The van der Waals surface area contributed by atoms with Crippen molar-refractivity contribution in [2.75, 3.05) is 16.8 Å². The van der Waals surface area contributed by atoms with Crippen LogP contribution < -0.4 is 10.2 Å². The number of nitrogens with zero attached hydrogens (tertiary/aromatic N) is 1. The molecule has 3 aliphatic rings. The number of aryl methyl sites for hydroxylation is 2. The van der Waals surface area contributed by atoms with Crippen molar-refractivity contribution in [1.29, 1.82) is 0 Å². The summed E-state index contributed by atoms with van der Waals surface area (Å²) in [6.07, 6.45) is 11.1. The van der Waals surface area contributed by atoms with Gasteiger partial charge in [0, 0.05) is 5.69 Å². The first kappa shape index (κ1) is 22.9. The molecule has 2 aliphatic carbocycles. The first-order valence-corrected chi connectivity index (χ1v) is 12.8. The lowest BCUT2D eigenvalue weighted by molar-refractivity contribution is -0.124. The number of para-hydroxylation sites is 1. The Morgan fingerprint density at radius 3 is 2.29 bits per heavy atom. The maximum atomic E-state index is 13.5. The Kier molecular flexibility index (Phi) is 7.14. The Hall–Kier alpha value is -2.86. The molecule has 6 heteroatoms. The van der Waals surface area contributed by atoms with Gasteiger partial charge in [-0.05, 0) is 80.7 Å². The van der Waals surface area contributed by atoms with Gasteiger partial charge in [0.25, 0.3) is 5.91 Å². The van der Waals surface area contributed by atoms with Gasteiger partial charge in [-0.3, -0.25) is 15.0 Å². The molecular formula is C28H34N2O4. The van der Waals surface area contributed by atoms with Crippen molar-refractivity contribution in [2.24, 2.45) is 0 Å². The Labute approximate surface area is 201 Å². The van der Waals surface area contributed by atoms with E-state index in [2.05, 4.69) is 11.4 Å². The third-order valence-electron chi connectivity index (χ3n) is 7.29. The summed E-state index contributed by atoms with van der Waals surface area (Å²) in [5.41, 5.74) is 4.55. The number of carbonyl (C=O) groups excluding carboxylic acids is 2. The number of ether oxygens (including phenoxy) is 2. The van der Waals surface area contributed by atoms with Gasteiger partial charge < -0.3 is 9.47 Å². The number of fused-ring (bicyclic) bond motifs is 2. The third-order valence-corrected chi connectivity index (χ3v) is 7.29. The molecule has 0 atom stereocenters. The highest BCUT2D eigenvalue weighted by molar-refractivity contribution is 6.03. The van der Waals surface area contributed by atoms with E-state index in [-0.39, 0.29) is 24.7 Å². The first-order chi connectivity index (χ1) is 16.7. The molecule has 0 radical (unpaired) electrons. The van der Waals surface area contributed by atoms with E-state index >= 15 is 0 Å². The molecule has 2 saturated carbocycles. The van der Waals surface area contributed by atoms with Crippen LogP contribution in [0.4, 0.5) is 21.9 Å². The van der Waals surface area contributed by atoms with Crippen LogP contribution in [0.5, 0.6) is 0 Å². The van der Waals surface area contributed by atoms with Gasteiger partial charge in [0.2, 0.25) is 0 Å². The van der Waals surface area contributed by atoms with E-state index in [0.717, 1.165) is 73.9 Å². The van der Waals surface area contributed by atoms with Crippen LogP contribution in [0.15, 0.2) is 42.5 Å². The predicted octanol–water partition coefficient (Wildman–Crippen LogP) is 6.29. The molecule has 0 saturated heterocycles. The molecule has 2 aromatic carbocycles. The Balaban J connectivity index is 1.38. The Bertz CT molecular complexity index is 1020. The molecule has 1 aliphatic heterocycles. The van der Waals surface area contributed by atoms with Crippen LogP contribution in [0, 0.1) is 0 Å². The summed E-state index contributed by atoms with van der Waals surface area (Å²) in [7, 11) is 0. The number of anilines is 3. The van der Waals surface area contributed by atoms with Gasteiger partial charge in [-0.2, -0.15) is 0 Å². The van der Waals surface area contributed by atoms with Crippen LogP contribution in [0.3, 0.4) is 0 Å². The number of rotatable bonds is 5. The van der Waals surface area contributed by atoms with Crippen LogP contribution in [-0.4, -0.2) is 30.8 Å². The lowest BCUT2D eigenvalue weighted by atomic mass is 9.98. The van der Waals surface area contributed by atoms with Crippen molar-refractivity contribution in [3.05, 3.63) is 53.6 Å². The van der Waals surface area contributed by atoms with Crippen molar-refractivity contribution in [3.63, 3.8) is 0 Å². The molecule has 0 spiro atoms. The minimum atomic E-state index is -0.427. The van der Waals surface area contributed by atoms with Crippen LogP contribution in [0.2, 0.25) is 0 Å². The Morgan fingerprint density at radius 1 is 0.824 bits per heavy atom. The summed E-state index contributed by atoms with van der Waals surface area (Å²) in [4.78, 5) is 27.8. The summed E-state index contributed by atoms with van der Waals surface area (Å²) < 4.78 is 11.6. The summed E-state index contributed by atoms with van der Waals surface area (Å²) >= 11 is 0. The molecule has 1 heterocycles. The van der Waals surface area contributed by atoms with Crippen LogP contribution >= 0.6 is 0 Å². The van der Waals surface area contributed by atoms with Crippen molar-refractivity contribution in [3.8, 4) is 0 Å². The molecule has 0 bridgehead atoms. The lowest BCUT2D eigenvalue weighted by Gasteiger charge is -2.26. The normalized spacial score (nSPS) is 18.6. The van der Waals surface area contributed by atoms with Crippen molar-refractivity contribution in [2.45, 2.75) is 82.8 Å². The highest BCUT2D eigenvalue weighted by atomic mass is 16.6. The minimum absolute atomic E-state index is 0.00716. The number of nitrogens with one attached hydrogen (secondary N) is 1.